The molecule has 138 valence electrons. The number of carbonyl (C=O) groups excluding carboxylic acids is 1. The zero-order valence-electron chi connectivity index (χ0n) is 14.4. The van der Waals surface area contributed by atoms with Gasteiger partial charge in [-0.1, -0.05) is 54.4 Å². The van der Waals surface area contributed by atoms with Crippen LogP contribution in [-0.2, 0) is 4.79 Å². The summed E-state index contributed by atoms with van der Waals surface area (Å²) in [4.78, 5) is 12.4. The predicted octanol–water partition coefficient (Wildman–Crippen LogP) is 5.04. The van der Waals surface area contributed by atoms with Crippen LogP contribution in [0.5, 0.6) is 0 Å². The van der Waals surface area contributed by atoms with Crippen LogP contribution in [0.3, 0.4) is 0 Å². The van der Waals surface area contributed by atoms with E-state index in [2.05, 4.69) is 15.8 Å². The number of halogens is 2. The fraction of sp³-hybridized carbons (Fsp3) is 0.105. The minimum absolute atomic E-state index is 0.0509. The van der Waals surface area contributed by atoms with E-state index in [1.54, 1.807) is 18.2 Å². The van der Waals surface area contributed by atoms with E-state index >= 15 is 0 Å². The Morgan fingerprint density at radius 1 is 1.26 bits per heavy atom. The summed E-state index contributed by atoms with van der Waals surface area (Å²) in [5, 5.41) is 17.8. The number of nitrogens with zero attached hydrogens (tertiary/aromatic N) is 2. The van der Waals surface area contributed by atoms with E-state index in [1.165, 1.54) is 18.0 Å². The van der Waals surface area contributed by atoms with Crippen molar-refractivity contribution in [3.8, 4) is 6.07 Å². The predicted molar refractivity (Wildman–Crippen MR) is 113 cm³/mol. The number of hydrazone groups is 1. The van der Waals surface area contributed by atoms with Crippen molar-refractivity contribution in [1.82, 2.24) is 5.43 Å². The molecule has 0 aliphatic rings. The summed E-state index contributed by atoms with van der Waals surface area (Å²) in [5.74, 6) is 0.0790. The van der Waals surface area contributed by atoms with Crippen LogP contribution in [0.15, 0.2) is 64.2 Å². The van der Waals surface area contributed by atoms with Gasteiger partial charge in [0.15, 0.2) is 0 Å². The van der Waals surface area contributed by atoms with E-state index in [4.69, 9.17) is 23.2 Å². The molecular formula is C19H16Cl2N4OS. The smallest absolute Gasteiger partial charge is 0.284 e. The van der Waals surface area contributed by atoms with Gasteiger partial charge in [0.25, 0.3) is 5.91 Å². The summed E-state index contributed by atoms with van der Waals surface area (Å²) >= 11 is 13.3. The molecule has 0 heterocycles. The van der Waals surface area contributed by atoms with Crippen molar-refractivity contribution < 1.29 is 4.79 Å². The van der Waals surface area contributed by atoms with Gasteiger partial charge < -0.3 is 5.32 Å². The van der Waals surface area contributed by atoms with Crippen molar-refractivity contribution in [2.24, 2.45) is 5.10 Å². The third-order valence-corrected chi connectivity index (χ3v) is 4.66. The number of nitriles is 1. The molecule has 0 aliphatic heterocycles. The van der Waals surface area contributed by atoms with E-state index in [9.17, 15) is 10.1 Å². The number of thioether (sulfide) groups is 1. The zero-order chi connectivity index (χ0) is 19.6. The second kappa shape index (κ2) is 10.6. The maximum absolute atomic E-state index is 12.4. The number of para-hydroxylation sites is 1. The molecule has 2 aromatic rings. The molecule has 2 rings (SSSR count). The van der Waals surface area contributed by atoms with Crippen molar-refractivity contribution in [3.05, 3.63) is 74.7 Å². The number of benzene rings is 2. The molecule has 0 saturated heterocycles. The topological polar surface area (TPSA) is 77.3 Å². The highest BCUT2D eigenvalue weighted by atomic mass is 35.5. The van der Waals surface area contributed by atoms with Crippen LogP contribution >= 0.6 is 35.0 Å². The van der Waals surface area contributed by atoms with Gasteiger partial charge in [-0.25, -0.2) is 5.43 Å². The van der Waals surface area contributed by atoms with Crippen molar-refractivity contribution in [2.45, 2.75) is 6.92 Å². The second-order valence-electron chi connectivity index (χ2n) is 5.10. The van der Waals surface area contributed by atoms with Crippen LogP contribution in [0.4, 0.5) is 5.69 Å². The van der Waals surface area contributed by atoms with Gasteiger partial charge in [0.05, 0.1) is 16.3 Å². The number of rotatable bonds is 7. The van der Waals surface area contributed by atoms with Crippen LogP contribution in [0.2, 0.25) is 10.0 Å². The van der Waals surface area contributed by atoms with Gasteiger partial charge in [-0.05, 0) is 30.0 Å². The number of amides is 1. The van der Waals surface area contributed by atoms with Crippen molar-refractivity contribution in [2.75, 3.05) is 11.1 Å². The highest BCUT2D eigenvalue weighted by Crippen LogP contribution is 2.23. The van der Waals surface area contributed by atoms with Gasteiger partial charge in [-0.2, -0.15) is 10.4 Å². The summed E-state index contributed by atoms with van der Waals surface area (Å²) in [6, 6.07) is 16.2. The molecule has 0 unspecified atom stereocenters. The van der Waals surface area contributed by atoms with Crippen LogP contribution in [0.1, 0.15) is 12.5 Å². The molecule has 1 amide bonds. The Labute approximate surface area is 172 Å². The summed E-state index contributed by atoms with van der Waals surface area (Å²) in [5.41, 5.74) is 3.68. The van der Waals surface area contributed by atoms with E-state index in [0.717, 1.165) is 5.69 Å². The van der Waals surface area contributed by atoms with Crippen LogP contribution in [-0.4, -0.2) is 17.9 Å². The van der Waals surface area contributed by atoms with Gasteiger partial charge in [-0.15, -0.1) is 11.8 Å². The minimum Gasteiger partial charge on any atom is -0.349 e. The SMILES string of the molecule is CCS/C(Nc1ccccc1)=C(\C#N)C(=O)N/N=C/c1ccc(Cl)cc1Cl. The lowest BCUT2D eigenvalue weighted by atomic mass is 10.2. The van der Waals surface area contributed by atoms with E-state index in [-0.39, 0.29) is 5.57 Å². The molecule has 2 N–H and O–H groups in total. The monoisotopic (exact) mass is 418 g/mol. The maximum atomic E-state index is 12.4. The molecule has 27 heavy (non-hydrogen) atoms. The first-order chi connectivity index (χ1) is 13.0. The van der Waals surface area contributed by atoms with Crippen LogP contribution < -0.4 is 10.7 Å². The first-order valence-electron chi connectivity index (χ1n) is 7.92. The van der Waals surface area contributed by atoms with E-state index in [1.807, 2.05) is 43.3 Å². The standard InChI is InChI=1S/C19H16Cl2N4OS/c1-2-27-19(24-15-6-4-3-5-7-15)16(11-22)18(26)25-23-12-13-8-9-14(20)10-17(13)21/h3-10,12,24H,2H2,1H3,(H,25,26)/b19-16+,23-12+. The first kappa shape index (κ1) is 20.8. The number of nitrogens with one attached hydrogen (secondary N) is 2. The van der Waals surface area contributed by atoms with Gasteiger partial charge in [0.1, 0.15) is 11.6 Å². The number of hydrogen-bond donors (Lipinski definition) is 2. The second-order valence-corrected chi connectivity index (χ2v) is 7.22. The van der Waals surface area contributed by atoms with Gasteiger partial charge in [0, 0.05) is 16.3 Å². The maximum Gasteiger partial charge on any atom is 0.284 e. The third-order valence-electron chi connectivity index (χ3n) is 3.22. The quantitative estimate of drug-likeness (QED) is 0.285. The van der Waals surface area contributed by atoms with E-state index < -0.39 is 5.91 Å². The van der Waals surface area contributed by atoms with Gasteiger partial charge >= 0.3 is 0 Å². The van der Waals surface area contributed by atoms with E-state index in [0.29, 0.717) is 26.4 Å². The molecule has 0 aliphatic carbocycles. The van der Waals surface area contributed by atoms with Gasteiger partial charge in [-0.3, -0.25) is 4.79 Å². The Balaban J connectivity index is 2.17. The molecule has 0 aromatic heterocycles. The zero-order valence-corrected chi connectivity index (χ0v) is 16.7. The molecule has 0 saturated carbocycles. The fourth-order valence-electron chi connectivity index (χ4n) is 1.99. The van der Waals surface area contributed by atoms with Crippen LogP contribution in [0, 0.1) is 11.3 Å². The number of anilines is 1. The minimum atomic E-state index is -0.613. The van der Waals surface area contributed by atoms with Gasteiger partial charge in [0.2, 0.25) is 0 Å². The molecule has 0 spiro atoms. The molecule has 8 heteroatoms. The summed E-state index contributed by atoms with van der Waals surface area (Å²) < 4.78 is 0. The van der Waals surface area contributed by atoms with Crippen molar-refractivity contribution in [1.29, 1.82) is 5.26 Å². The van der Waals surface area contributed by atoms with Crippen molar-refractivity contribution in [3.63, 3.8) is 0 Å². The Bertz CT molecular complexity index is 908. The molecule has 0 bridgehead atoms. The fourth-order valence-corrected chi connectivity index (χ4v) is 3.21. The Hall–Kier alpha value is -2.46. The average molecular weight is 419 g/mol. The average Bonchev–Trinajstić information content (AvgIpc) is 2.65. The first-order valence-corrected chi connectivity index (χ1v) is 9.67. The lowest BCUT2D eigenvalue weighted by Crippen LogP contribution is -2.21. The molecule has 0 atom stereocenters. The number of carbonyl (C=O) groups is 1. The Morgan fingerprint density at radius 2 is 2.00 bits per heavy atom. The number of hydrogen-bond acceptors (Lipinski definition) is 5. The molecule has 0 fully saturated rings. The summed E-state index contributed by atoms with van der Waals surface area (Å²) in [6.07, 6.45) is 1.39. The molecule has 0 radical (unpaired) electrons. The highest BCUT2D eigenvalue weighted by Gasteiger charge is 2.15. The lowest BCUT2D eigenvalue weighted by molar-refractivity contribution is -0.117. The largest absolute Gasteiger partial charge is 0.349 e. The lowest BCUT2D eigenvalue weighted by Gasteiger charge is -2.11. The Morgan fingerprint density at radius 3 is 2.63 bits per heavy atom. The van der Waals surface area contributed by atoms with Crippen LogP contribution in [0.25, 0.3) is 0 Å². The highest BCUT2D eigenvalue weighted by molar-refractivity contribution is 8.03. The van der Waals surface area contributed by atoms with Crippen molar-refractivity contribution >= 4 is 52.8 Å². The third kappa shape index (κ3) is 6.33. The normalized spacial score (nSPS) is 11.6. The summed E-state index contributed by atoms with van der Waals surface area (Å²) in [6.45, 7) is 1.94. The molecule has 2 aromatic carbocycles. The summed E-state index contributed by atoms with van der Waals surface area (Å²) in [7, 11) is 0. The Kier molecular flexibility index (Phi) is 8.21. The molecule has 5 nitrogen and oxygen atoms in total. The molecular weight excluding hydrogens is 403 g/mol.